The quantitative estimate of drug-likeness (QED) is 0.533. The summed E-state index contributed by atoms with van der Waals surface area (Å²) in [6.45, 7) is 3.77. The van der Waals surface area contributed by atoms with Gasteiger partial charge < -0.3 is 9.47 Å². The molecule has 3 aromatic rings. The average molecular weight is 403 g/mol. The van der Waals surface area contributed by atoms with Crippen molar-refractivity contribution in [2.45, 2.75) is 38.8 Å². The first-order valence-electron chi connectivity index (χ1n) is 9.41. The monoisotopic (exact) mass is 403 g/mol. The third-order valence-electron chi connectivity index (χ3n) is 4.75. The van der Waals surface area contributed by atoms with Gasteiger partial charge in [-0.05, 0) is 56.4 Å². The molecule has 4 rings (SSSR count). The number of aromatic nitrogens is 3. The maximum atomic E-state index is 13.3. The van der Waals surface area contributed by atoms with E-state index in [4.69, 9.17) is 9.47 Å². The van der Waals surface area contributed by atoms with Gasteiger partial charge in [0, 0.05) is 6.20 Å². The van der Waals surface area contributed by atoms with Crippen LogP contribution in [-0.4, -0.2) is 21.4 Å². The molecule has 0 N–H and O–H groups in total. The van der Waals surface area contributed by atoms with Crippen molar-refractivity contribution in [2.75, 3.05) is 6.61 Å². The number of ether oxygens (including phenoxy) is 2. The first kappa shape index (κ1) is 19.3. The third kappa shape index (κ3) is 3.92. The molecule has 29 heavy (non-hydrogen) atoms. The van der Waals surface area contributed by atoms with E-state index in [-0.39, 0.29) is 17.4 Å². The summed E-state index contributed by atoms with van der Waals surface area (Å²) < 4.78 is 52.7. The van der Waals surface area contributed by atoms with E-state index in [0.29, 0.717) is 24.0 Å². The molecule has 1 aromatic carbocycles. The van der Waals surface area contributed by atoms with Crippen LogP contribution in [0.4, 0.5) is 13.2 Å². The second-order valence-electron chi connectivity index (χ2n) is 6.88. The zero-order valence-corrected chi connectivity index (χ0v) is 16.0. The molecule has 0 atom stereocenters. The highest BCUT2D eigenvalue weighted by Crippen LogP contribution is 2.42. The van der Waals surface area contributed by atoms with Crippen molar-refractivity contribution in [3.63, 3.8) is 0 Å². The second-order valence-corrected chi connectivity index (χ2v) is 6.88. The minimum Gasteiger partial charge on any atom is -0.474 e. The van der Waals surface area contributed by atoms with Crippen LogP contribution >= 0.6 is 0 Å². The first-order valence-corrected chi connectivity index (χ1v) is 9.41. The Bertz CT molecular complexity index is 1010. The number of pyridine rings is 1. The first-order chi connectivity index (χ1) is 13.9. The minimum absolute atomic E-state index is 0.120. The van der Waals surface area contributed by atoms with E-state index in [0.717, 1.165) is 6.07 Å². The molecule has 0 bridgehead atoms. The smallest absolute Gasteiger partial charge is 0.419 e. The van der Waals surface area contributed by atoms with Crippen molar-refractivity contribution >= 4 is 0 Å². The van der Waals surface area contributed by atoms with Gasteiger partial charge in [0.15, 0.2) is 5.82 Å². The molecule has 1 aliphatic carbocycles. The summed E-state index contributed by atoms with van der Waals surface area (Å²) in [6.07, 6.45) is -0.375. The lowest BCUT2D eigenvalue weighted by molar-refractivity contribution is -0.138. The predicted molar refractivity (Wildman–Crippen MR) is 101 cm³/mol. The van der Waals surface area contributed by atoms with Crippen molar-refractivity contribution in [3.05, 3.63) is 59.4 Å². The number of hydrogen-bond acceptors (Lipinski definition) is 4. The van der Waals surface area contributed by atoms with E-state index >= 15 is 0 Å². The van der Waals surface area contributed by atoms with Crippen LogP contribution < -0.4 is 9.47 Å². The van der Waals surface area contributed by atoms with Gasteiger partial charge in [0.25, 0.3) is 5.88 Å². The van der Waals surface area contributed by atoms with Crippen LogP contribution in [0.15, 0.2) is 42.6 Å². The average Bonchev–Trinajstić information content (AvgIpc) is 3.50. The molecule has 0 radical (unpaired) electrons. The fourth-order valence-electron chi connectivity index (χ4n) is 3.11. The highest BCUT2D eigenvalue weighted by Gasteiger charge is 2.35. The lowest BCUT2D eigenvalue weighted by Gasteiger charge is -2.14. The third-order valence-corrected chi connectivity index (χ3v) is 4.75. The number of hydrogen-bond donors (Lipinski definition) is 0. The van der Waals surface area contributed by atoms with Gasteiger partial charge in [-0.2, -0.15) is 13.2 Å². The van der Waals surface area contributed by atoms with Crippen molar-refractivity contribution in [3.8, 4) is 23.2 Å². The predicted octanol–water partition coefficient (Wildman–Crippen LogP) is 5.66. The molecule has 1 fully saturated rings. The van der Waals surface area contributed by atoms with Crippen LogP contribution in [0.25, 0.3) is 5.82 Å². The summed E-state index contributed by atoms with van der Waals surface area (Å²) in [5, 5.41) is 4.37. The van der Waals surface area contributed by atoms with Gasteiger partial charge in [0.05, 0.1) is 17.9 Å². The van der Waals surface area contributed by atoms with Gasteiger partial charge in [-0.1, -0.05) is 18.2 Å². The molecule has 2 heterocycles. The van der Waals surface area contributed by atoms with Crippen molar-refractivity contribution < 1.29 is 22.6 Å². The number of rotatable bonds is 6. The Hall–Kier alpha value is -3.03. The van der Waals surface area contributed by atoms with E-state index in [9.17, 15) is 13.2 Å². The van der Waals surface area contributed by atoms with Crippen LogP contribution in [0, 0.1) is 6.92 Å². The van der Waals surface area contributed by atoms with Crippen LogP contribution in [0.2, 0.25) is 0 Å². The molecule has 0 aliphatic heterocycles. The molecule has 0 spiro atoms. The molecule has 5 nitrogen and oxygen atoms in total. The zero-order chi connectivity index (χ0) is 20.6. The number of alkyl halides is 3. The maximum Gasteiger partial charge on any atom is 0.419 e. The molecular weight excluding hydrogens is 383 g/mol. The summed E-state index contributed by atoms with van der Waals surface area (Å²) in [7, 11) is 0. The summed E-state index contributed by atoms with van der Waals surface area (Å²) in [5.41, 5.74) is 0.817. The SMILES string of the molecule is CCOc1nn(-c2ccc(C3CC3)cn2)c(C)c1Oc1ccccc1C(F)(F)F. The molecule has 8 heteroatoms. The van der Waals surface area contributed by atoms with E-state index < -0.39 is 11.7 Å². The molecular formula is C21H20F3N3O2. The highest BCUT2D eigenvalue weighted by molar-refractivity contribution is 5.47. The van der Waals surface area contributed by atoms with Gasteiger partial charge in [0.2, 0.25) is 5.75 Å². The zero-order valence-electron chi connectivity index (χ0n) is 16.0. The van der Waals surface area contributed by atoms with Crippen LogP contribution in [0.1, 0.15) is 42.5 Å². The molecule has 0 amide bonds. The van der Waals surface area contributed by atoms with Crippen LogP contribution in [0.5, 0.6) is 17.4 Å². The largest absolute Gasteiger partial charge is 0.474 e. The van der Waals surface area contributed by atoms with E-state index in [2.05, 4.69) is 10.1 Å². The molecule has 1 aliphatic rings. The molecule has 0 unspecified atom stereocenters. The summed E-state index contributed by atoms with van der Waals surface area (Å²) >= 11 is 0. The Morgan fingerprint density at radius 1 is 1.14 bits per heavy atom. The Balaban J connectivity index is 1.72. The fraction of sp³-hybridized carbons (Fsp3) is 0.333. The van der Waals surface area contributed by atoms with Gasteiger partial charge >= 0.3 is 6.18 Å². The van der Waals surface area contributed by atoms with E-state index in [1.165, 1.54) is 41.3 Å². The summed E-state index contributed by atoms with van der Waals surface area (Å²) in [4.78, 5) is 4.46. The van der Waals surface area contributed by atoms with Gasteiger partial charge in [-0.15, -0.1) is 5.10 Å². The van der Waals surface area contributed by atoms with Gasteiger partial charge in [0.1, 0.15) is 5.75 Å². The van der Waals surface area contributed by atoms with Crippen molar-refractivity contribution in [1.29, 1.82) is 0 Å². The Morgan fingerprint density at radius 2 is 1.90 bits per heavy atom. The second kappa shape index (κ2) is 7.42. The number of halogens is 3. The molecule has 152 valence electrons. The minimum atomic E-state index is -4.54. The van der Waals surface area contributed by atoms with Crippen LogP contribution in [-0.2, 0) is 6.18 Å². The number of benzene rings is 1. The topological polar surface area (TPSA) is 49.2 Å². The number of nitrogens with zero attached hydrogens (tertiary/aromatic N) is 3. The molecule has 0 saturated heterocycles. The van der Waals surface area contributed by atoms with Gasteiger partial charge in [-0.3, -0.25) is 0 Å². The lowest BCUT2D eigenvalue weighted by atomic mass is 10.2. The van der Waals surface area contributed by atoms with Crippen molar-refractivity contribution in [1.82, 2.24) is 14.8 Å². The Kier molecular flexibility index (Phi) is 4.94. The number of para-hydroxylation sites is 1. The highest BCUT2D eigenvalue weighted by atomic mass is 19.4. The summed E-state index contributed by atoms with van der Waals surface area (Å²) in [6, 6.07) is 8.91. The summed E-state index contributed by atoms with van der Waals surface area (Å²) in [5.74, 6) is 1.08. The maximum absolute atomic E-state index is 13.3. The Labute approximate surface area is 166 Å². The van der Waals surface area contributed by atoms with E-state index in [1.54, 1.807) is 13.8 Å². The molecule has 1 saturated carbocycles. The normalized spacial score (nSPS) is 14.1. The lowest BCUT2D eigenvalue weighted by Crippen LogP contribution is -2.07. The standard InChI is InChI=1S/C21H20F3N3O2/c1-3-28-20-19(29-17-7-5-4-6-16(17)21(22,23)24)13(2)27(26-20)18-11-10-15(12-25-18)14-8-9-14/h4-7,10-12,14H,3,8-9H2,1-2H3. The van der Waals surface area contributed by atoms with Gasteiger partial charge in [-0.25, -0.2) is 9.67 Å². The van der Waals surface area contributed by atoms with Crippen LogP contribution in [0.3, 0.4) is 0 Å². The van der Waals surface area contributed by atoms with Crippen molar-refractivity contribution in [2.24, 2.45) is 0 Å². The van der Waals surface area contributed by atoms with E-state index in [1.807, 2.05) is 18.3 Å². The fourth-order valence-corrected chi connectivity index (χ4v) is 3.11. The Morgan fingerprint density at radius 3 is 2.52 bits per heavy atom. The molecule has 2 aromatic heterocycles.